The Bertz CT molecular complexity index is 1330. The minimum absolute atomic E-state index is 0.0388. The number of carbonyl (C=O) groups excluding carboxylic acids is 2. The molecule has 0 saturated heterocycles. The highest BCUT2D eigenvalue weighted by Crippen LogP contribution is 2.28. The first-order valence-corrected chi connectivity index (χ1v) is 11.1. The van der Waals surface area contributed by atoms with Crippen molar-refractivity contribution in [2.24, 2.45) is 7.05 Å². The van der Waals surface area contributed by atoms with Gasteiger partial charge in [0.2, 0.25) is 11.9 Å². The van der Waals surface area contributed by atoms with Gasteiger partial charge in [0, 0.05) is 19.3 Å². The predicted octanol–water partition coefficient (Wildman–Crippen LogP) is 2.82. The van der Waals surface area contributed by atoms with Crippen molar-refractivity contribution in [1.82, 2.24) is 19.9 Å². The van der Waals surface area contributed by atoms with E-state index in [0.717, 1.165) is 18.4 Å². The van der Waals surface area contributed by atoms with Gasteiger partial charge in [-0.25, -0.2) is 9.97 Å². The second-order valence-electron chi connectivity index (χ2n) is 8.26. The second kappa shape index (κ2) is 10.2. The molecule has 0 aliphatic heterocycles. The topological polar surface area (TPSA) is 127 Å². The van der Waals surface area contributed by atoms with Crippen LogP contribution in [0.2, 0.25) is 0 Å². The van der Waals surface area contributed by atoms with E-state index in [1.54, 1.807) is 19.2 Å². The van der Waals surface area contributed by atoms with Crippen LogP contribution in [0.4, 0.5) is 17.3 Å². The van der Waals surface area contributed by atoms with Crippen molar-refractivity contribution in [3.63, 3.8) is 0 Å². The number of rotatable bonds is 9. The third-order valence-electron chi connectivity index (χ3n) is 5.41. The van der Waals surface area contributed by atoms with Gasteiger partial charge in [-0.3, -0.25) is 14.4 Å². The molecule has 1 aromatic carbocycles. The van der Waals surface area contributed by atoms with Crippen molar-refractivity contribution in [3.05, 3.63) is 82.6 Å². The molecule has 1 saturated carbocycles. The summed E-state index contributed by atoms with van der Waals surface area (Å²) in [6.45, 7) is 5.32. The zero-order valence-electron chi connectivity index (χ0n) is 19.5. The summed E-state index contributed by atoms with van der Waals surface area (Å²) < 4.78 is 7.08. The molecule has 1 aliphatic rings. The minimum atomic E-state index is -0.330. The molecule has 10 heteroatoms. The Hall–Kier alpha value is -4.47. The van der Waals surface area contributed by atoms with E-state index in [4.69, 9.17) is 4.74 Å². The molecule has 180 valence electrons. The van der Waals surface area contributed by atoms with Crippen molar-refractivity contribution >= 4 is 29.1 Å². The Balaban J connectivity index is 1.44. The fraction of sp³-hybridized carbons (Fsp3) is 0.240. The molecule has 1 aliphatic carbocycles. The maximum absolute atomic E-state index is 12.5. The third-order valence-corrected chi connectivity index (χ3v) is 5.41. The first-order valence-electron chi connectivity index (χ1n) is 11.1. The molecule has 0 spiro atoms. The number of nitrogens with zero attached hydrogens (tertiary/aromatic N) is 3. The quantitative estimate of drug-likeness (QED) is 0.407. The number of para-hydroxylation sites is 1. The van der Waals surface area contributed by atoms with E-state index < -0.39 is 0 Å². The highest BCUT2D eigenvalue weighted by molar-refractivity contribution is 6.01. The molecule has 35 heavy (non-hydrogen) atoms. The molecule has 0 atom stereocenters. The van der Waals surface area contributed by atoms with E-state index in [0.29, 0.717) is 34.2 Å². The van der Waals surface area contributed by atoms with E-state index in [2.05, 4.69) is 32.5 Å². The zero-order chi connectivity index (χ0) is 24.9. The molecule has 0 unspecified atom stereocenters. The molecule has 2 heterocycles. The van der Waals surface area contributed by atoms with Crippen LogP contribution in [0, 0.1) is 6.92 Å². The van der Waals surface area contributed by atoms with E-state index >= 15 is 0 Å². The number of anilines is 3. The summed E-state index contributed by atoms with van der Waals surface area (Å²) in [5.41, 5.74) is 2.62. The number of hydrogen-bond donors (Lipinski definition) is 3. The smallest absolute Gasteiger partial charge is 0.256 e. The molecule has 2 aromatic heterocycles. The van der Waals surface area contributed by atoms with Gasteiger partial charge in [-0.15, -0.1) is 0 Å². The molecule has 0 radical (unpaired) electrons. The number of ether oxygens (including phenoxy) is 1. The van der Waals surface area contributed by atoms with Crippen LogP contribution >= 0.6 is 0 Å². The lowest BCUT2D eigenvalue weighted by Crippen LogP contribution is -2.29. The standard InChI is InChI=1S/C25H26N6O4/c1-4-21(32)29-20-7-5-6-15(2)22(20)30-25-26-11-19(12-27-25)35-14-17-10-16(13-31(3)24(17)34)23(33)28-18-8-9-18/h4-7,10-13,18H,1,8-9,14H2,2-3H3,(H,28,33)(H,29,32)(H,26,27,30). The summed E-state index contributed by atoms with van der Waals surface area (Å²) in [6, 6.07) is 7.24. The van der Waals surface area contributed by atoms with Crippen molar-refractivity contribution in [2.45, 2.75) is 32.4 Å². The SMILES string of the molecule is C=CC(=O)Nc1cccc(C)c1Nc1ncc(OCc2cc(C(=O)NC3CC3)cn(C)c2=O)cn1. The van der Waals surface area contributed by atoms with Crippen molar-refractivity contribution in [2.75, 3.05) is 10.6 Å². The molecular weight excluding hydrogens is 448 g/mol. The number of nitrogens with one attached hydrogen (secondary N) is 3. The summed E-state index contributed by atoms with van der Waals surface area (Å²) >= 11 is 0. The molecule has 0 bridgehead atoms. The summed E-state index contributed by atoms with van der Waals surface area (Å²) in [4.78, 5) is 45.1. The van der Waals surface area contributed by atoms with Crippen LogP contribution in [-0.2, 0) is 18.4 Å². The molecule has 1 fully saturated rings. The van der Waals surface area contributed by atoms with Crippen LogP contribution in [0.3, 0.4) is 0 Å². The van der Waals surface area contributed by atoms with Gasteiger partial charge in [-0.2, -0.15) is 0 Å². The van der Waals surface area contributed by atoms with Gasteiger partial charge in [0.25, 0.3) is 11.5 Å². The molecule has 2 amide bonds. The summed E-state index contributed by atoms with van der Waals surface area (Å²) in [5.74, 6) is 0.123. The average Bonchev–Trinajstić information content (AvgIpc) is 3.66. The number of benzene rings is 1. The lowest BCUT2D eigenvalue weighted by atomic mass is 10.1. The highest BCUT2D eigenvalue weighted by atomic mass is 16.5. The van der Waals surface area contributed by atoms with Crippen LogP contribution in [0.5, 0.6) is 5.75 Å². The van der Waals surface area contributed by atoms with Gasteiger partial charge >= 0.3 is 0 Å². The van der Waals surface area contributed by atoms with E-state index in [1.165, 1.54) is 29.2 Å². The Labute approximate surface area is 202 Å². The van der Waals surface area contributed by atoms with Crippen LogP contribution in [0.1, 0.15) is 34.3 Å². The summed E-state index contributed by atoms with van der Waals surface area (Å²) in [6.07, 6.45) is 7.62. The maximum Gasteiger partial charge on any atom is 0.256 e. The second-order valence-corrected chi connectivity index (χ2v) is 8.26. The van der Waals surface area contributed by atoms with Gasteiger partial charge < -0.3 is 25.3 Å². The monoisotopic (exact) mass is 474 g/mol. The van der Waals surface area contributed by atoms with Gasteiger partial charge in [0.1, 0.15) is 6.61 Å². The van der Waals surface area contributed by atoms with Crippen molar-refractivity contribution in [1.29, 1.82) is 0 Å². The molecule has 3 N–H and O–H groups in total. The minimum Gasteiger partial charge on any atom is -0.485 e. The first-order chi connectivity index (χ1) is 16.8. The molecule has 4 rings (SSSR count). The van der Waals surface area contributed by atoms with Gasteiger partial charge in [-0.1, -0.05) is 18.7 Å². The van der Waals surface area contributed by atoms with Crippen molar-refractivity contribution < 1.29 is 14.3 Å². The maximum atomic E-state index is 12.5. The Morgan fingerprint density at radius 2 is 2.00 bits per heavy atom. The fourth-order valence-corrected chi connectivity index (χ4v) is 3.35. The largest absolute Gasteiger partial charge is 0.485 e. The van der Waals surface area contributed by atoms with Gasteiger partial charge in [-0.05, 0) is 43.5 Å². The Kier molecular flexibility index (Phi) is 6.91. The summed E-state index contributed by atoms with van der Waals surface area (Å²) in [5, 5.41) is 8.77. The lowest BCUT2D eigenvalue weighted by molar-refractivity contribution is -0.111. The number of aryl methyl sites for hydroxylation is 2. The van der Waals surface area contributed by atoms with Gasteiger partial charge in [0.05, 0.1) is 34.9 Å². The molecular formula is C25H26N6O4. The predicted molar refractivity (Wildman–Crippen MR) is 132 cm³/mol. The zero-order valence-corrected chi connectivity index (χ0v) is 19.5. The molecule has 10 nitrogen and oxygen atoms in total. The Morgan fingerprint density at radius 1 is 1.26 bits per heavy atom. The fourth-order valence-electron chi connectivity index (χ4n) is 3.35. The van der Waals surface area contributed by atoms with Crippen LogP contribution in [0.15, 0.2) is 60.3 Å². The molecule has 3 aromatic rings. The van der Waals surface area contributed by atoms with Crippen LogP contribution in [0.25, 0.3) is 0 Å². The van der Waals surface area contributed by atoms with Gasteiger partial charge in [0.15, 0.2) is 5.75 Å². The van der Waals surface area contributed by atoms with E-state index in [-0.39, 0.29) is 30.0 Å². The number of aromatic nitrogens is 3. The van der Waals surface area contributed by atoms with Crippen molar-refractivity contribution in [3.8, 4) is 5.75 Å². The summed E-state index contributed by atoms with van der Waals surface area (Å²) in [7, 11) is 1.60. The van der Waals surface area contributed by atoms with Crippen LogP contribution < -0.4 is 26.2 Å². The number of pyridine rings is 1. The Morgan fingerprint density at radius 3 is 2.69 bits per heavy atom. The number of hydrogen-bond acceptors (Lipinski definition) is 7. The lowest BCUT2D eigenvalue weighted by Gasteiger charge is -2.14. The average molecular weight is 475 g/mol. The van der Waals surface area contributed by atoms with E-state index in [9.17, 15) is 14.4 Å². The number of amides is 2. The van der Waals surface area contributed by atoms with Crippen LogP contribution in [-0.4, -0.2) is 32.4 Å². The normalized spacial score (nSPS) is 12.5. The third kappa shape index (κ3) is 5.91. The van der Waals surface area contributed by atoms with E-state index in [1.807, 2.05) is 19.1 Å². The number of carbonyl (C=O) groups is 2. The first kappa shape index (κ1) is 23.7. The highest BCUT2D eigenvalue weighted by Gasteiger charge is 2.24.